The standard InChI is InChI=1S/C25H24F6N2O2.ClH/c1-16(17-11-19(24(26,27)28)13-20(12-17)25(29,30)31)35-15-23(18-5-3-2-4-6-18)10-9-22(14-32-23)8-7-21(34)33-22;/h2-6,9-13,16,32H,7-8,14-15H2,1H3,(H,33,34);1H/t16-,22-,23-;/m1./s1. The highest BCUT2D eigenvalue weighted by atomic mass is 35.5. The molecule has 2 aliphatic heterocycles. The summed E-state index contributed by atoms with van der Waals surface area (Å²) in [6.45, 7) is 1.75. The van der Waals surface area contributed by atoms with Gasteiger partial charge in [0.1, 0.15) is 0 Å². The van der Waals surface area contributed by atoms with E-state index >= 15 is 0 Å². The van der Waals surface area contributed by atoms with E-state index in [9.17, 15) is 31.1 Å². The van der Waals surface area contributed by atoms with E-state index in [-0.39, 0.29) is 36.6 Å². The molecule has 0 aromatic heterocycles. The number of alkyl halides is 6. The number of ether oxygens (including phenoxy) is 1. The summed E-state index contributed by atoms with van der Waals surface area (Å²) in [5.74, 6) is -0.0569. The molecule has 2 aliphatic rings. The molecule has 4 rings (SSSR count). The second-order valence-corrected chi connectivity index (χ2v) is 9.02. The predicted octanol–water partition coefficient (Wildman–Crippen LogP) is 5.93. The van der Waals surface area contributed by atoms with Crippen molar-refractivity contribution in [3.05, 3.63) is 82.9 Å². The van der Waals surface area contributed by atoms with Crippen molar-refractivity contribution in [3.8, 4) is 0 Å². The first kappa shape index (κ1) is 28.0. The molecule has 1 fully saturated rings. The maximum atomic E-state index is 13.3. The van der Waals surface area contributed by atoms with Crippen molar-refractivity contribution in [1.82, 2.24) is 10.6 Å². The van der Waals surface area contributed by atoms with Crippen molar-refractivity contribution < 1.29 is 35.9 Å². The molecule has 0 aliphatic carbocycles. The Bertz CT molecular complexity index is 1090. The molecule has 0 bridgehead atoms. The van der Waals surface area contributed by atoms with Gasteiger partial charge in [0.2, 0.25) is 5.91 Å². The minimum Gasteiger partial charge on any atom is -0.371 e. The highest BCUT2D eigenvalue weighted by Gasteiger charge is 2.43. The summed E-state index contributed by atoms with van der Waals surface area (Å²) in [5, 5.41) is 6.34. The summed E-state index contributed by atoms with van der Waals surface area (Å²) in [6, 6.07) is 10.6. The van der Waals surface area contributed by atoms with Crippen LogP contribution in [-0.4, -0.2) is 24.6 Å². The van der Waals surface area contributed by atoms with E-state index in [1.165, 1.54) is 6.92 Å². The third kappa shape index (κ3) is 5.87. The third-order valence-electron chi connectivity index (χ3n) is 6.52. The molecule has 3 atom stereocenters. The number of nitrogens with one attached hydrogen (secondary N) is 2. The number of hydrogen-bond acceptors (Lipinski definition) is 3. The van der Waals surface area contributed by atoms with E-state index in [1.54, 1.807) is 0 Å². The average molecular weight is 535 g/mol. The lowest BCUT2D eigenvalue weighted by Gasteiger charge is -2.42. The van der Waals surface area contributed by atoms with Crippen molar-refractivity contribution in [2.24, 2.45) is 0 Å². The van der Waals surface area contributed by atoms with Crippen LogP contribution in [0.3, 0.4) is 0 Å². The minimum absolute atomic E-state index is 0. The second kappa shape index (κ2) is 10.1. The van der Waals surface area contributed by atoms with Crippen molar-refractivity contribution in [2.45, 2.75) is 49.3 Å². The smallest absolute Gasteiger partial charge is 0.371 e. The summed E-state index contributed by atoms with van der Waals surface area (Å²) in [7, 11) is 0. The SMILES string of the molecule is C[C@@H](OC[C@@]1(c2ccccc2)C=C[C@]2(CCC(=O)N2)CN1)c1cc(C(F)(F)F)cc(C(F)(F)F)c1.Cl. The molecule has 2 aromatic rings. The van der Waals surface area contributed by atoms with Gasteiger partial charge < -0.3 is 10.1 Å². The van der Waals surface area contributed by atoms with Gasteiger partial charge in [0.05, 0.1) is 34.9 Å². The highest BCUT2D eigenvalue weighted by molar-refractivity contribution is 5.85. The zero-order chi connectivity index (χ0) is 25.5. The van der Waals surface area contributed by atoms with E-state index in [0.717, 1.165) is 5.56 Å². The number of carbonyl (C=O) groups excluding carboxylic acids is 1. The number of amides is 1. The van der Waals surface area contributed by atoms with Crippen LogP contribution in [-0.2, 0) is 27.4 Å². The fraction of sp³-hybridized carbons (Fsp3) is 0.400. The molecule has 0 unspecified atom stereocenters. The van der Waals surface area contributed by atoms with Gasteiger partial charge >= 0.3 is 12.4 Å². The van der Waals surface area contributed by atoms with Crippen LogP contribution < -0.4 is 10.6 Å². The summed E-state index contributed by atoms with van der Waals surface area (Å²) in [4.78, 5) is 11.8. The van der Waals surface area contributed by atoms with Gasteiger partial charge in [0.25, 0.3) is 0 Å². The fourth-order valence-corrected chi connectivity index (χ4v) is 4.41. The summed E-state index contributed by atoms with van der Waals surface area (Å²) < 4.78 is 85.5. The van der Waals surface area contributed by atoms with Crippen LogP contribution in [0.4, 0.5) is 26.3 Å². The monoisotopic (exact) mass is 534 g/mol. The second-order valence-electron chi connectivity index (χ2n) is 9.02. The molecule has 1 saturated heterocycles. The van der Waals surface area contributed by atoms with Crippen LogP contribution in [0.25, 0.3) is 0 Å². The first-order valence-electron chi connectivity index (χ1n) is 11.0. The Morgan fingerprint density at radius 2 is 1.58 bits per heavy atom. The normalized spacial score (nSPS) is 24.9. The fourth-order valence-electron chi connectivity index (χ4n) is 4.41. The largest absolute Gasteiger partial charge is 0.416 e. The van der Waals surface area contributed by atoms with Crippen LogP contribution in [0, 0.1) is 0 Å². The lowest BCUT2D eigenvalue weighted by molar-refractivity contribution is -0.143. The van der Waals surface area contributed by atoms with Crippen molar-refractivity contribution >= 4 is 18.3 Å². The van der Waals surface area contributed by atoms with Crippen molar-refractivity contribution in [1.29, 1.82) is 0 Å². The Morgan fingerprint density at radius 1 is 0.972 bits per heavy atom. The van der Waals surface area contributed by atoms with Gasteiger partial charge in [0.15, 0.2) is 0 Å². The molecule has 2 aromatic carbocycles. The number of benzene rings is 2. The van der Waals surface area contributed by atoms with Gasteiger partial charge in [-0.25, -0.2) is 0 Å². The van der Waals surface area contributed by atoms with Crippen molar-refractivity contribution in [3.63, 3.8) is 0 Å². The zero-order valence-electron chi connectivity index (χ0n) is 19.2. The Kier molecular flexibility index (Phi) is 7.83. The summed E-state index contributed by atoms with van der Waals surface area (Å²) in [6.07, 6.45) is -6.18. The third-order valence-corrected chi connectivity index (χ3v) is 6.52. The van der Waals surface area contributed by atoms with Crippen LogP contribution >= 0.6 is 12.4 Å². The highest BCUT2D eigenvalue weighted by Crippen LogP contribution is 2.39. The Balaban J connectivity index is 0.00000361. The lowest BCUT2D eigenvalue weighted by atomic mass is 9.82. The number of carbonyl (C=O) groups is 1. The van der Waals surface area contributed by atoms with Gasteiger partial charge in [-0.15, -0.1) is 12.4 Å². The minimum atomic E-state index is -4.94. The van der Waals surface area contributed by atoms with Gasteiger partial charge in [-0.2, -0.15) is 26.3 Å². The Labute approximate surface area is 210 Å². The Hall–Kier alpha value is -2.56. The lowest BCUT2D eigenvalue weighted by Crippen LogP contribution is -2.58. The quantitative estimate of drug-likeness (QED) is 0.369. The molecule has 0 radical (unpaired) electrons. The summed E-state index contributed by atoms with van der Waals surface area (Å²) in [5.41, 5.74) is -3.61. The molecule has 2 N–H and O–H groups in total. The number of hydrogen-bond donors (Lipinski definition) is 2. The first-order valence-corrected chi connectivity index (χ1v) is 11.0. The molecule has 0 saturated carbocycles. The van der Waals surface area contributed by atoms with Gasteiger partial charge in [-0.3, -0.25) is 10.1 Å². The predicted molar refractivity (Wildman–Crippen MR) is 123 cm³/mol. The molecule has 2 heterocycles. The molecule has 36 heavy (non-hydrogen) atoms. The van der Waals surface area contributed by atoms with E-state index in [0.29, 0.717) is 31.5 Å². The van der Waals surface area contributed by atoms with Crippen molar-refractivity contribution in [2.75, 3.05) is 13.2 Å². The zero-order valence-corrected chi connectivity index (χ0v) is 20.0. The van der Waals surface area contributed by atoms with Crippen LogP contribution in [0.1, 0.15) is 48.1 Å². The maximum Gasteiger partial charge on any atom is 0.416 e. The molecule has 11 heteroatoms. The van der Waals surface area contributed by atoms with Gasteiger partial charge in [0, 0.05) is 13.0 Å². The molecular weight excluding hydrogens is 510 g/mol. The average Bonchev–Trinajstić information content (AvgIpc) is 3.18. The van der Waals surface area contributed by atoms with E-state index in [1.807, 2.05) is 42.5 Å². The topological polar surface area (TPSA) is 50.4 Å². The molecule has 1 spiro atoms. The van der Waals surface area contributed by atoms with E-state index in [2.05, 4.69) is 10.6 Å². The van der Waals surface area contributed by atoms with E-state index in [4.69, 9.17) is 4.74 Å². The van der Waals surface area contributed by atoms with Crippen LogP contribution in [0.15, 0.2) is 60.7 Å². The number of halogens is 7. The Morgan fingerprint density at radius 3 is 2.06 bits per heavy atom. The first-order chi connectivity index (χ1) is 16.3. The van der Waals surface area contributed by atoms with Crippen LogP contribution in [0.2, 0.25) is 0 Å². The van der Waals surface area contributed by atoms with Crippen LogP contribution in [0.5, 0.6) is 0 Å². The molecule has 196 valence electrons. The molecule has 1 amide bonds. The van der Waals surface area contributed by atoms with Gasteiger partial charge in [-0.1, -0.05) is 42.5 Å². The molecule has 4 nitrogen and oxygen atoms in total. The van der Waals surface area contributed by atoms with Gasteiger partial charge in [-0.05, 0) is 42.7 Å². The van der Waals surface area contributed by atoms with E-state index < -0.39 is 40.7 Å². The molecular formula is C25H25ClF6N2O2. The number of rotatable bonds is 5. The maximum absolute atomic E-state index is 13.3. The summed E-state index contributed by atoms with van der Waals surface area (Å²) >= 11 is 0.